The minimum atomic E-state index is -4.21. The predicted octanol–water partition coefficient (Wildman–Crippen LogP) is 5.05. The second-order valence-corrected chi connectivity index (χ2v) is 11.2. The van der Waals surface area contributed by atoms with E-state index in [0.717, 1.165) is 15.4 Å². The minimum absolute atomic E-state index is 0.0132. The van der Waals surface area contributed by atoms with Gasteiger partial charge in [0.1, 0.15) is 12.6 Å². The number of carbonyl (C=O) groups excluding carboxylic acids is 2. The van der Waals surface area contributed by atoms with Gasteiger partial charge >= 0.3 is 0 Å². The van der Waals surface area contributed by atoms with Crippen LogP contribution in [-0.4, -0.2) is 44.3 Å². The van der Waals surface area contributed by atoms with Crippen molar-refractivity contribution in [1.82, 2.24) is 10.2 Å². The van der Waals surface area contributed by atoms with E-state index in [1.165, 1.54) is 35.2 Å². The number of rotatable bonds is 10. The average molecular weight is 563 g/mol. The fraction of sp³-hybridized carbons (Fsp3) is 0.259. The molecule has 10 heteroatoms. The van der Waals surface area contributed by atoms with Gasteiger partial charge in [0, 0.05) is 18.1 Å². The van der Waals surface area contributed by atoms with Gasteiger partial charge in [0.25, 0.3) is 10.0 Å². The van der Waals surface area contributed by atoms with Crippen LogP contribution in [0, 0.1) is 6.92 Å². The number of likely N-dealkylation sites (N-methyl/N-ethyl adjacent to an activating group) is 1. The standard InChI is InChI=1S/C27H29Cl2N3O4S/c1-4-30-27(34)20(3)31(17-21-12-10-19(2)11-13-21)26(33)18-32(25-16-22(28)14-15-24(25)29)37(35,36)23-8-6-5-7-9-23/h5-16,20H,4,17-18H2,1-3H3,(H,30,34)/t20-/m0/s1. The summed E-state index contributed by atoms with van der Waals surface area (Å²) in [4.78, 5) is 27.9. The van der Waals surface area contributed by atoms with Crippen LogP contribution in [0.1, 0.15) is 25.0 Å². The van der Waals surface area contributed by atoms with Crippen LogP contribution in [0.25, 0.3) is 0 Å². The maximum absolute atomic E-state index is 13.8. The Hall–Kier alpha value is -3.07. The zero-order valence-electron chi connectivity index (χ0n) is 20.8. The fourth-order valence-electron chi connectivity index (χ4n) is 3.70. The number of nitrogens with one attached hydrogen (secondary N) is 1. The van der Waals surface area contributed by atoms with Crippen LogP contribution in [0.4, 0.5) is 5.69 Å². The molecule has 0 unspecified atom stereocenters. The van der Waals surface area contributed by atoms with Crippen molar-refractivity contribution < 1.29 is 18.0 Å². The predicted molar refractivity (Wildman–Crippen MR) is 147 cm³/mol. The molecular weight excluding hydrogens is 533 g/mol. The summed E-state index contributed by atoms with van der Waals surface area (Å²) in [5, 5.41) is 3.10. The molecule has 0 radical (unpaired) electrons. The molecule has 3 aromatic carbocycles. The van der Waals surface area contributed by atoms with E-state index >= 15 is 0 Å². The molecule has 3 rings (SSSR count). The van der Waals surface area contributed by atoms with E-state index in [1.54, 1.807) is 32.0 Å². The highest BCUT2D eigenvalue weighted by atomic mass is 35.5. The Morgan fingerprint density at radius 1 is 0.973 bits per heavy atom. The Labute approximate surface area is 228 Å². The third-order valence-corrected chi connectivity index (χ3v) is 8.11. The van der Waals surface area contributed by atoms with Crippen molar-refractivity contribution in [1.29, 1.82) is 0 Å². The van der Waals surface area contributed by atoms with E-state index in [9.17, 15) is 18.0 Å². The van der Waals surface area contributed by atoms with E-state index in [0.29, 0.717) is 6.54 Å². The molecule has 0 aliphatic heterocycles. The Morgan fingerprint density at radius 2 is 1.62 bits per heavy atom. The average Bonchev–Trinajstić information content (AvgIpc) is 2.88. The zero-order chi connectivity index (χ0) is 27.2. The van der Waals surface area contributed by atoms with Gasteiger partial charge in [-0.1, -0.05) is 71.2 Å². The summed E-state index contributed by atoms with van der Waals surface area (Å²) in [6, 6.07) is 18.8. The number of anilines is 1. The number of hydrogen-bond acceptors (Lipinski definition) is 4. The summed E-state index contributed by atoms with van der Waals surface area (Å²) in [6.07, 6.45) is 0. The lowest BCUT2D eigenvalue weighted by Gasteiger charge is -2.32. The maximum Gasteiger partial charge on any atom is 0.264 e. The third kappa shape index (κ3) is 7.03. The van der Waals surface area contributed by atoms with Crippen LogP contribution in [0.15, 0.2) is 77.7 Å². The lowest BCUT2D eigenvalue weighted by atomic mass is 10.1. The molecule has 2 amide bonds. The number of aryl methyl sites for hydroxylation is 1. The first-order chi connectivity index (χ1) is 17.5. The summed E-state index contributed by atoms with van der Waals surface area (Å²) in [5.41, 5.74) is 1.91. The third-order valence-electron chi connectivity index (χ3n) is 5.78. The molecule has 0 fully saturated rings. The van der Waals surface area contributed by atoms with Gasteiger partial charge in [0.15, 0.2) is 0 Å². The fourth-order valence-corrected chi connectivity index (χ4v) is 5.59. The number of benzene rings is 3. The number of sulfonamides is 1. The lowest BCUT2D eigenvalue weighted by Crippen LogP contribution is -2.51. The Kier molecular flexibility index (Phi) is 9.59. The van der Waals surface area contributed by atoms with Crippen LogP contribution in [0.5, 0.6) is 0 Å². The summed E-state index contributed by atoms with van der Waals surface area (Å²) in [5.74, 6) is -0.920. The first-order valence-corrected chi connectivity index (χ1v) is 13.9. The molecule has 37 heavy (non-hydrogen) atoms. The smallest absolute Gasteiger partial charge is 0.264 e. The molecule has 1 atom stereocenters. The summed E-state index contributed by atoms with van der Waals surface area (Å²) in [7, 11) is -4.21. The van der Waals surface area contributed by atoms with E-state index in [4.69, 9.17) is 23.2 Å². The van der Waals surface area contributed by atoms with Gasteiger partial charge in [0.05, 0.1) is 15.6 Å². The highest BCUT2D eigenvalue weighted by molar-refractivity contribution is 7.92. The van der Waals surface area contributed by atoms with Gasteiger partial charge in [0.2, 0.25) is 11.8 Å². The molecule has 0 aromatic heterocycles. The molecule has 0 aliphatic rings. The molecular formula is C27H29Cl2N3O4S. The summed E-state index contributed by atoms with van der Waals surface area (Å²) < 4.78 is 28.4. The highest BCUT2D eigenvalue weighted by Gasteiger charge is 2.33. The molecule has 196 valence electrons. The van der Waals surface area contributed by atoms with Gasteiger partial charge in [-0.15, -0.1) is 0 Å². The van der Waals surface area contributed by atoms with Gasteiger partial charge in [-0.3, -0.25) is 13.9 Å². The molecule has 0 bridgehead atoms. The molecule has 3 aromatic rings. The van der Waals surface area contributed by atoms with Crippen LogP contribution >= 0.6 is 23.2 Å². The number of amides is 2. The van der Waals surface area contributed by atoms with Crippen molar-refractivity contribution in [2.24, 2.45) is 0 Å². The Morgan fingerprint density at radius 3 is 2.24 bits per heavy atom. The Bertz CT molecular complexity index is 1350. The van der Waals surface area contributed by atoms with Crippen LogP contribution in [-0.2, 0) is 26.2 Å². The number of nitrogens with zero attached hydrogens (tertiary/aromatic N) is 2. The topological polar surface area (TPSA) is 86.8 Å². The van der Waals surface area contributed by atoms with E-state index in [-0.39, 0.29) is 33.1 Å². The maximum atomic E-state index is 13.8. The van der Waals surface area contributed by atoms with Gasteiger partial charge in [-0.2, -0.15) is 0 Å². The SMILES string of the molecule is CCNC(=O)[C@H](C)N(Cc1ccc(C)cc1)C(=O)CN(c1cc(Cl)ccc1Cl)S(=O)(=O)c1ccccc1. The number of halogens is 2. The van der Waals surface area contributed by atoms with Crippen molar-refractivity contribution in [3.8, 4) is 0 Å². The van der Waals surface area contributed by atoms with Gasteiger partial charge < -0.3 is 10.2 Å². The van der Waals surface area contributed by atoms with E-state index in [1.807, 2.05) is 31.2 Å². The van der Waals surface area contributed by atoms with Crippen molar-refractivity contribution in [2.75, 3.05) is 17.4 Å². The molecule has 0 saturated carbocycles. The van der Waals surface area contributed by atoms with Gasteiger partial charge in [-0.25, -0.2) is 8.42 Å². The Balaban J connectivity index is 2.05. The van der Waals surface area contributed by atoms with Crippen molar-refractivity contribution in [2.45, 2.75) is 38.3 Å². The van der Waals surface area contributed by atoms with Crippen molar-refractivity contribution in [3.63, 3.8) is 0 Å². The molecule has 0 heterocycles. The summed E-state index contributed by atoms with van der Waals surface area (Å²) >= 11 is 12.6. The lowest BCUT2D eigenvalue weighted by molar-refractivity contribution is -0.139. The monoisotopic (exact) mass is 561 g/mol. The van der Waals surface area contributed by atoms with E-state index < -0.39 is 28.5 Å². The minimum Gasteiger partial charge on any atom is -0.355 e. The largest absolute Gasteiger partial charge is 0.355 e. The molecule has 7 nitrogen and oxygen atoms in total. The van der Waals surface area contributed by atoms with Crippen LogP contribution in [0.3, 0.4) is 0 Å². The normalized spacial score (nSPS) is 12.0. The first-order valence-electron chi connectivity index (χ1n) is 11.7. The van der Waals surface area contributed by atoms with Crippen LogP contribution < -0.4 is 9.62 Å². The van der Waals surface area contributed by atoms with Crippen LogP contribution in [0.2, 0.25) is 10.0 Å². The van der Waals surface area contributed by atoms with Crippen molar-refractivity contribution in [3.05, 3.63) is 94.0 Å². The molecule has 1 N–H and O–H groups in total. The zero-order valence-corrected chi connectivity index (χ0v) is 23.1. The molecule has 0 saturated heterocycles. The summed E-state index contributed by atoms with van der Waals surface area (Å²) in [6.45, 7) is 5.26. The first kappa shape index (κ1) is 28.5. The number of hydrogen-bond donors (Lipinski definition) is 1. The second kappa shape index (κ2) is 12.4. The van der Waals surface area contributed by atoms with E-state index in [2.05, 4.69) is 5.32 Å². The molecule has 0 aliphatic carbocycles. The highest BCUT2D eigenvalue weighted by Crippen LogP contribution is 2.33. The molecule has 0 spiro atoms. The quantitative estimate of drug-likeness (QED) is 0.375. The van der Waals surface area contributed by atoms with Crippen molar-refractivity contribution >= 4 is 50.7 Å². The number of carbonyl (C=O) groups is 2. The second-order valence-electron chi connectivity index (χ2n) is 8.50. The van der Waals surface area contributed by atoms with Gasteiger partial charge in [-0.05, 0) is 56.7 Å².